The molecule has 0 aliphatic heterocycles. The second-order valence-corrected chi connectivity index (χ2v) is 2.98. The van der Waals surface area contributed by atoms with Gasteiger partial charge in [0, 0.05) is 6.54 Å². The number of nitriles is 1. The normalized spacial score (nSPS) is 10.1. The van der Waals surface area contributed by atoms with Crippen LogP contribution in [0.15, 0.2) is 0 Å². The summed E-state index contributed by atoms with van der Waals surface area (Å²) in [4.78, 5) is 20.5. The molecule has 5 nitrogen and oxygen atoms in total. The minimum absolute atomic E-state index is 0.0363. The van der Waals surface area contributed by atoms with Crippen LogP contribution in [0.2, 0.25) is 0 Å². The lowest BCUT2D eigenvalue weighted by molar-refractivity contribution is -0.150. The van der Waals surface area contributed by atoms with E-state index in [9.17, 15) is 9.59 Å². The number of carbonyl (C=O) groups is 2. The van der Waals surface area contributed by atoms with Gasteiger partial charge in [-0.3, -0.25) is 4.79 Å². The SMILES string of the molecule is CC(C)(C#N)CNC(=O)C(=O)O. The van der Waals surface area contributed by atoms with Crippen LogP contribution in [0.5, 0.6) is 0 Å². The van der Waals surface area contributed by atoms with Crippen LogP contribution in [0.25, 0.3) is 0 Å². The third kappa shape index (κ3) is 3.56. The predicted molar refractivity (Wildman–Crippen MR) is 40.0 cm³/mol. The molecular weight excluding hydrogens is 160 g/mol. The van der Waals surface area contributed by atoms with Gasteiger partial charge in [-0.05, 0) is 13.8 Å². The summed E-state index contributed by atoms with van der Waals surface area (Å²) in [5.41, 5.74) is -0.731. The van der Waals surface area contributed by atoms with Gasteiger partial charge in [0.15, 0.2) is 0 Å². The Morgan fingerprint density at radius 1 is 1.58 bits per heavy atom. The number of nitrogens with one attached hydrogen (secondary N) is 1. The van der Waals surface area contributed by atoms with Gasteiger partial charge < -0.3 is 10.4 Å². The van der Waals surface area contributed by atoms with Gasteiger partial charge in [-0.15, -0.1) is 0 Å². The molecule has 0 aromatic rings. The van der Waals surface area contributed by atoms with Crippen molar-refractivity contribution in [2.45, 2.75) is 13.8 Å². The monoisotopic (exact) mass is 170 g/mol. The average molecular weight is 170 g/mol. The minimum atomic E-state index is -1.54. The summed E-state index contributed by atoms with van der Waals surface area (Å²) in [6.07, 6.45) is 0. The van der Waals surface area contributed by atoms with Crippen LogP contribution in [-0.2, 0) is 9.59 Å². The van der Waals surface area contributed by atoms with Crippen LogP contribution in [0.1, 0.15) is 13.8 Å². The molecule has 0 radical (unpaired) electrons. The molecule has 0 aliphatic carbocycles. The molecule has 66 valence electrons. The van der Waals surface area contributed by atoms with Crippen molar-refractivity contribution >= 4 is 11.9 Å². The van der Waals surface area contributed by atoms with Gasteiger partial charge in [-0.25, -0.2) is 4.79 Å². The first-order valence-corrected chi connectivity index (χ1v) is 3.31. The van der Waals surface area contributed by atoms with E-state index >= 15 is 0 Å². The summed E-state index contributed by atoms with van der Waals surface area (Å²) in [6.45, 7) is 3.25. The average Bonchev–Trinajstić information content (AvgIpc) is 2.00. The minimum Gasteiger partial charge on any atom is -0.474 e. The summed E-state index contributed by atoms with van der Waals surface area (Å²) in [5.74, 6) is -2.62. The zero-order chi connectivity index (χ0) is 9.78. The summed E-state index contributed by atoms with van der Waals surface area (Å²) in [7, 11) is 0. The maximum absolute atomic E-state index is 10.5. The number of rotatable bonds is 2. The van der Waals surface area contributed by atoms with Crippen LogP contribution in [0.3, 0.4) is 0 Å². The Bertz CT molecular complexity index is 240. The largest absolute Gasteiger partial charge is 0.474 e. The summed E-state index contributed by atoms with van der Waals surface area (Å²) < 4.78 is 0. The fourth-order valence-electron chi connectivity index (χ4n) is 0.416. The van der Waals surface area contributed by atoms with Gasteiger partial charge in [-0.2, -0.15) is 5.26 Å². The maximum atomic E-state index is 10.5. The van der Waals surface area contributed by atoms with Crippen molar-refractivity contribution in [1.82, 2.24) is 5.32 Å². The standard InChI is InChI=1S/C7H10N2O3/c1-7(2,3-8)4-9-5(10)6(11)12/h4H2,1-2H3,(H,9,10)(H,11,12). The van der Waals surface area contributed by atoms with E-state index in [0.717, 1.165) is 0 Å². The first-order valence-electron chi connectivity index (χ1n) is 3.31. The summed E-state index contributed by atoms with van der Waals surface area (Å²) in [6, 6.07) is 1.93. The molecule has 0 heterocycles. The van der Waals surface area contributed by atoms with E-state index < -0.39 is 17.3 Å². The number of carbonyl (C=O) groups excluding carboxylic acids is 1. The summed E-state index contributed by atoms with van der Waals surface area (Å²) >= 11 is 0. The van der Waals surface area contributed by atoms with E-state index in [1.54, 1.807) is 13.8 Å². The van der Waals surface area contributed by atoms with E-state index in [1.165, 1.54) is 0 Å². The van der Waals surface area contributed by atoms with E-state index in [0.29, 0.717) is 0 Å². The van der Waals surface area contributed by atoms with Crippen molar-refractivity contribution in [2.75, 3.05) is 6.54 Å². The molecule has 0 saturated carbocycles. The molecule has 0 spiro atoms. The van der Waals surface area contributed by atoms with Crippen LogP contribution in [0.4, 0.5) is 0 Å². The van der Waals surface area contributed by atoms with Crippen LogP contribution < -0.4 is 5.32 Å². The second kappa shape index (κ2) is 3.72. The molecule has 0 aromatic carbocycles. The molecule has 0 saturated heterocycles. The van der Waals surface area contributed by atoms with E-state index in [-0.39, 0.29) is 6.54 Å². The van der Waals surface area contributed by atoms with E-state index in [1.807, 2.05) is 6.07 Å². The van der Waals surface area contributed by atoms with Crippen LogP contribution in [0, 0.1) is 16.7 Å². The van der Waals surface area contributed by atoms with Crippen LogP contribution >= 0.6 is 0 Å². The van der Waals surface area contributed by atoms with Crippen molar-refractivity contribution in [2.24, 2.45) is 5.41 Å². The molecular formula is C7H10N2O3. The molecule has 1 amide bonds. The Labute approximate surface area is 70.0 Å². The maximum Gasteiger partial charge on any atom is 0.394 e. The molecule has 0 fully saturated rings. The lowest BCUT2D eigenvalue weighted by Crippen LogP contribution is -2.37. The van der Waals surface area contributed by atoms with Crippen LogP contribution in [-0.4, -0.2) is 23.5 Å². The molecule has 0 atom stereocenters. The number of hydrogen-bond donors (Lipinski definition) is 2. The summed E-state index contributed by atoms with van der Waals surface area (Å²) in [5, 5.41) is 18.8. The number of aliphatic carboxylic acids is 1. The first kappa shape index (κ1) is 10.4. The smallest absolute Gasteiger partial charge is 0.394 e. The van der Waals surface area contributed by atoms with Gasteiger partial charge in [-0.1, -0.05) is 0 Å². The third-order valence-electron chi connectivity index (χ3n) is 1.19. The fraction of sp³-hybridized carbons (Fsp3) is 0.571. The van der Waals surface area contributed by atoms with Gasteiger partial charge >= 0.3 is 11.9 Å². The Morgan fingerprint density at radius 2 is 2.08 bits per heavy atom. The number of carboxylic acid groups (broad SMARTS) is 1. The van der Waals surface area contributed by atoms with Crippen molar-refractivity contribution in [3.8, 4) is 6.07 Å². The zero-order valence-corrected chi connectivity index (χ0v) is 6.92. The molecule has 0 aromatic heterocycles. The highest BCUT2D eigenvalue weighted by Crippen LogP contribution is 2.09. The molecule has 0 bridgehead atoms. The quantitative estimate of drug-likeness (QED) is 0.558. The Hall–Kier alpha value is -1.57. The van der Waals surface area contributed by atoms with Gasteiger partial charge in [0.05, 0.1) is 11.5 Å². The number of amides is 1. The lowest BCUT2D eigenvalue weighted by atomic mass is 9.96. The highest BCUT2D eigenvalue weighted by atomic mass is 16.4. The Balaban J connectivity index is 3.94. The number of nitrogens with zero attached hydrogens (tertiary/aromatic N) is 1. The van der Waals surface area contributed by atoms with Crippen molar-refractivity contribution < 1.29 is 14.7 Å². The number of hydrogen-bond acceptors (Lipinski definition) is 3. The molecule has 0 aliphatic rings. The Kier molecular flexibility index (Phi) is 3.23. The molecule has 0 rings (SSSR count). The molecule has 12 heavy (non-hydrogen) atoms. The van der Waals surface area contributed by atoms with Gasteiger partial charge in [0.25, 0.3) is 0 Å². The van der Waals surface area contributed by atoms with Crippen molar-refractivity contribution in [1.29, 1.82) is 5.26 Å². The van der Waals surface area contributed by atoms with Crippen molar-refractivity contribution in [3.05, 3.63) is 0 Å². The third-order valence-corrected chi connectivity index (χ3v) is 1.19. The number of carboxylic acids is 1. The van der Waals surface area contributed by atoms with E-state index in [4.69, 9.17) is 10.4 Å². The lowest BCUT2D eigenvalue weighted by Gasteiger charge is -2.14. The van der Waals surface area contributed by atoms with Crippen molar-refractivity contribution in [3.63, 3.8) is 0 Å². The van der Waals surface area contributed by atoms with Gasteiger partial charge in [0.2, 0.25) is 0 Å². The first-order chi connectivity index (χ1) is 5.39. The second-order valence-electron chi connectivity index (χ2n) is 2.98. The zero-order valence-electron chi connectivity index (χ0n) is 6.92. The molecule has 0 unspecified atom stereocenters. The Morgan fingerprint density at radius 3 is 2.42 bits per heavy atom. The fourth-order valence-corrected chi connectivity index (χ4v) is 0.416. The topological polar surface area (TPSA) is 90.2 Å². The molecule has 2 N–H and O–H groups in total. The highest BCUT2D eigenvalue weighted by molar-refractivity contribution is 6.31. The van der Waals surface area contributed by atoms with Gasteiger partial charge in [0.1, 0.15) is 0 Å². The highest BCUT2D eigenvalue weighted by Gasteiger charge is 2.19. The predicted octanol–water partition coefficient (Wildman–Crippen LogP) is -0.263. The molecule has 5 heteroatoms. The van der Waals surface area contributed by atoms with E-state index in [2.05, 4.69) is 5.32 Å².